The smallest absolute Gasteiger partial charge is 0.408 e. The average Bonchev–Trinajstić information content (AvgIpc) is 3.18. The van der Waals surface area contributed by atoms with E-state index in [4.69, 9.17) is 15.2 Å². The summed E-state index contributed by atoms with van der Waals surface area (Å²) < 4.78 is 10.3. The van der Waals surface area contributed by atoms with Gasteiger partial charge in [-0.2, -0.15) is 0 Å². The molecule has 4 atom stereocenters. The quantitative estimate of drug-likeness (QED) is 0.0572. The SMILES string of the molecule is C=CCOC(=O)N[C@H](C(=O)NN(Cc1ccc(OC)cc1)C[C@H](O)[C@H](Cc1ccccc1)NC(=O)[C@H](CC(N)=O)NC(=O)c1ccc2ccccc2n1)C(C)C. The van der Waals surface area contributed by atoms with Crippen LogP contribution in [-0.4, -0.2) is 89.3 Å². The number of hydrogen-bond donors (Lipinski definition) is 6. The maximum absolute atomic E-state index is 13.9. The molecule has 0 radical (unpaired) electrons. The third-order valence-corrected chi connectivity index (χ3v) is 8.71. The summed E-state index contributed by atoms with van der Waals surface area (Å²) in [6.07, 6.45) is -1.14. The number of rotatable bonds is 20. The Labute approximate surface area is 325 Å². The number of benzene rings is 3. The number of fused-ring (bicyclic) bond motifs is 1. The van der Waals surface area contributed by atoms with E-state index in [9.17, 15) is 29.1 Å². The first-order valence-corrected chi connectivity index (χ1v) is 18.1. The van der Waals surface area contributed by atoms with Crippen molar-refractivity contribution >= 4 is 40.6 Å². The molecule has 15 nitrogen and oxygen atoms in total. The number of para-hydroxylation sites is 1. The van der Waals surface area contributed by atoms with Crippen molar-refractivity contribution in [2.45, 2.75) is 57.5 Å². The van der Waals surface area contributed by atoms with Crippen molar-refractivity contribution in [1.82, 2.24) is 31.4 Å². The van der Waals surface area contributed by atoms with E-state index in [2.05, 4.69) is 32.9 Å². The summed E-state index contributed by atoms with van der Waals surface area (Å²) in [5.74, 6) is -2.63. The second kappa shape index (κ2) is 21.0. The number of hydrazine groups is 1. The predicted molar refractivity (Wildman–Crippen MR) is 210 cm³/mol. The second-order valence-corrected chi connectivity index (χ2v) is 13.4. The van der Waals surface area contributed by atoms with Crippen molar-refractivity contribution in [3.05, 3.63) is 120 Å². The van der Waals surface area contributed by atoms with E-state index in [1.807, 2.05) is 42.5 Å². The number of carbonyl (C=O) groups is 5. The van der Waals surface area contributed by atoms with Crippen molar-refractivity contribution in [3.63, 3.8) is 0 Å². The van der Waals surface area contributed by atoms with E-state index >= 15 is 0 Å². The van der Waals surface area contributed by atoms with Gasteiger partial charge in [-0.05, 0) is 47.7 Å². The molecular formula is C41H49N7O8. The number of pyridine rings is 1. The van der Waals surface area contributed by atoms with Gasteiger partial charge >= 0.3 is 6.09 Å². The van der Waals surface area contributed by atoms with Gasteiger partial charge in [0.15, 0.2) is 0 Å². The van der Waals surface area contributed by atoms with Crippen LogP contribution >= 0.6 is 0 Å². The van der Waals surface area contributed by atoms with Gasteiger partial charge in [-0.25, -0.2) is 14.8 Å². The molecule has 0 aliphatic rings. The van der Waals surface area contributed by atoms with Gasteiger partial charge in [0.2, 0.25) is 11.8 Å². The minimum Gasteiger partial charge on any atom is -0.497 e. The zero-order valence-electron chi connectivity index (χ0n) is 31.6. The van der Waals surface area contributed by atoms with Crippen LogP contribution in [0, 0.1) is 5.92 Å². The first-order chi connectivity index (χ1) is 26.9. The Morgan fingerprint density at radius 3 is 2.23 bits per heavy atom. The number of methoxy groups -OCH3 is 1. The highest BCUT2D eigenvalue weighted by Gasteiger charge is 2.32. The number of nitrogens with zero attached hydrogens (tertiary/aromatic N) is 2. The van der Waals surface area contributed by atoms with Gasteiger partial charge in [0.1, 0.15) is 30.1 Å². The number of nitrogens with one attached hydrogen (secondary N) is 4. The van der Waals surface area contributed by atoms with E-state index in [1.165, 1.54) is 24.3 Å². The van der Waals surface area contributed by atoms with Crippen LogP contribution in [0.25, 0.3) is 10.9 Å². The number of hydrogen-bond acceptors (Lipinski definition) is 10. The van der Waals surface area contributed by atoms with E-state index in [0.717, 1.165) is 16.5 Å². The van der Waals surface area contributed by atoms with Crippen molar-refractivity contribution in [3.8, 4) is 5.75 Å². The van der Waals surface area contributed by atoms with Gasteiger partial charge in [0, 0.05) is 18.5 Å². The van der Waals surface area contributed by atoms with E-state index in [1.54, 1.807) is 56.3 Å². The minimum absolute atomic E-state index is 0.0277. The fourth-order valence-corrected chi connectivity index (χ4v) is 5.79. The molecule has 0 aliphatic carbocycles. The minimum atomic E-state index is -1.41. The van der Waals surface area contributed by atoms with Crippen LogP contribution in [0.3, 0.4) is 0 Å². The Balaban J connectivity index is 1.59. The highest BCUT2D eigenvalue weighted by Crippen LogP contribution is 2.16. The Bertz CT molecular complexity index is 1960. The lowest BCUT2D eigenvalue weighted by Crippen LogP contribution is -2.59. The molecule has 5 amide bonds. The number of nitrogens with two attached hydrogens (primary N) is 1. The summed E-state index contributed by atoms with van der Waals surface area (Å²) in [6.45, 7) is 6.87. The number of carbonyl (C=O) groups excluding carboxylic acids is 5. The van der Waals surface area contributed by atoms with Crippen molar-refractivity contribution in [2.75, 3.05) is 20.3 Å². The van der Waals surface area contributed by atoms with Crippen LogP contribution in [0.5, 0.6) is 5.75 Å². The molecule has 4 aromatic rings. The topological polar surface area (TPSA) is 214 Å². The normalized spacial score (nSPS) is 13.2. The van der Waals surface area contributed by atoms with E-state index in [-0.39, 0.29) is 37.7 Å². The average molecular weight is 768 g/mol. The lowest BCUT2D eigenvalue weighted by atomic mass is 9.99. The van der Waals surface area contributed by atoms with Gasteiger partial charge in [-0.1, -0.05) is 93.2 Å². The molecule has 0 saturated carbocycles. The fourth-order valence-electron chi connectivity index (χ4n) is 5.79. The Hall–Kier alpha value is -6.32. The standard InChI is InChI=1S/C41H49N7O8/c1-5-21-56-41(54)46-37(26(2)3)40(53)47-48(24-28-15-18-30(55-4)19-16-28)25-35(49)33(22-27-11-7-6-8-12-27)44-39(52)34(23-36(42)50)45-38(51)32-20-17-29-13-9-10-14-31(29)43-32/h5-20,26,33-35,37,49H,1,21-25H2,2-4H3,(H2,42,50)(H,44,52)(H,45,51)(H,46,54)(H,47,53)/t33-,34-,35-,37-/m0/s1. The van der Waals surface area contributed by atoms with Gasteiger partial charge < -0.3 is 36.3 Å². The zero-order chi connectivity index (χ0) is 40.6. The molecule has 0 aliphatic heterocycles. The molecule has 296 valence electrons. The molecule has 0 spiro atoms. The summed E-state index contributed by atoms with van der Waals surface area (Å²) in [6, 6.07) is 23.2. The molecule has 0 fully saturated rings. The van der Waals surface area contributed by atoms with Crippen LogP contribution in [0.2, 0.25) is 0 Å². The fraction of sp³-hybridized carbons (Fsp3) is 0.317. The Kier molecular flexibility index (Phi) is 15.9. The van der Waals surface area contributed by atoms with Crippen LogP contribution < -0.4 is 31.8 Å². The number of amides is 5. The zero-order valence-corrected chi connectivity index (χ0v) is 31.6. The monoisotopic (exact) mass is 767 g/mol. The molecule has 1 aromatic heterocycles. The van der Waals surface area contributed by atoms with E-state index in [0.29, 0.717) is 11.3 Å². The molecule has 4 rings (SSSR count). The molecule has 1 heterocycles. The summed E-state index contributed by atoms with van der Waals surface area (Å²) >= 11 is 0. The maximum Gasteiger partial charge on any atom is 0.408 e. The summed E-state index contributed by atoms with van der Waals surface area (Å²) in [5.41, 5.74) is 10.4. The number of aliphatic hydroxyl groups excluding tert-OH is 1. The Morgan fingerprint density at radius 1 is 0.875 bits per heavy atom. The molecule has 15 heteroatoms. The number of aliphatic hydroxyl groups is 1. The lowest BCUT2D eigenvalue weighted by Gasteiger charge is -2.32. The number of primary amides is 1. The lowest BCUT2D eigenvalue weighted by molar-refractivity contribution is -0.131. The molecular weight excluding hydrogens is 718 g/mol. The summed E-state index contributed by atoms with van der Waals surface area (Å²) in [4.78, 5) is 69.8. The largest absolute Gasteiger partial charge is 0.497 e. The second-order valence-electron chi connectivity index (χ2n) is 13.4. The first kappa shape index (κ1) is 42.4. The molecule has 0 unspecified atom stereocenters. The third-order valence-electron chi connectivity index (χ3n) is 8.71. The van der Waals surface area contributed by atoms with E-state index < -0.39 is 60.4 Å². The van der Waals surface area contributed by atoms with Gasteiger partial charge in [0.25, 0.3) is 11.8 Å². The molecule has 0 bridgehead atoms. The van der Waals surface area contributed by atoms with Gasteiger partial charge in [-0.15, -0.1) is 0 Å². The highest BCUT2D eigenvalue weighted by atomic mass is 16.5. The van der Waals surface area contributed by atoms with Gasteiger partial charge in [-0.3, -0.25) is 24.6 Å². The number of ether oxygens (including phenoxy) is 2. The maximum atomic E-state index is 13.9. The highest BCUT2D eigenvalue weighted by molar-refractivity contribution is 5.99. The number of aromatic nitrogens is 1. The summed E-state index contributed by atoms with van der Waals surface area (Å²) in [7, 11) is 1.54. The number of alkyl carbamates (subject to hydrolysis) is 1. The van der Waals surface area contributed by atoms with Crippen molar-refractivity contribution < 1.29 is 38.6 Å². The van der Waals surface area contributed by atoms with Crippen LogP contribution in [0.1, 0.15) is 41.9 Å². The molecule has 7 N–H and O–H groups in total. The van der Waals surface area contributed by atoms with Gasteiger partial charge in [0.05, 0.1) is 31.2 Å². The van der Waals surface area contributed by atoms with Crippen LogP contribution in [-0.2, 0) is 32.1 Å². The predicted octanol–water partition coefficient (Wildman–Crippen LogP) is 2.78. The van der Waals surface area contributed by atoms with Crippen molar-refractivity contribution in [2.24, 2.45) is 11.7 Å². The first-order valence-electron chi connectivity index (χ1n) is 18.1. The molecule has 56 heavy (non-hydrogen) atoms. The Morgan fingerprint density at radius 2 is 1.57 bits per heavy atom. The van der Waals surface area contributed by atoms with Crippen LogP contribution in [0.15, 0.2) is 104 Å². The van der Waals surface area contributed by atoms with Crippen molar-refractivity contribution in [1.29, 1.82) is 0 Å². The molecule has 3 aromatic carbocycles. The summed E-state index contributed by atoms with van der Waals surface area (Å²) in [5, 5.41) is 22.1. The molecule has 0 saturated heterocycles. The third kappa shape index (κ3) is 12.9. The van der Waals surface area contributed by atoms with Crippen LogP contribution in [0.4, 0.5) is 4.79 Å².